The molecule has 0 aliphatic carbocycles. The van der Waals surface area contributed by atoms with E-state index in [1.165, 1.54) is 43.8 Å². The number of hydrogen-bond donors (Lipinski definition) is 0. The minimum atomic E-state index is 0.655. The van der Waals surface area contributed by atoms with E-state index in [1.54, 1.807) is 0 Å². The predicted molar refractivity (Wildman–Crippen MR) is 229 cm³/mol. The van der Waals surface area contributed by atoms with Gasteiger partial charge >= 0.3 is 0 Å². The molecule has 2 heterocycles. The molecule has 3 nitrogen and oxygen atoms in total. The molecule has 0 unspecified atom stereocenters. The first-order valence-corrected chi connectivity index (χ1v) is 18.6. The number of furan rings is 1. The Morgan fingerprint density at radius 3 is 1.75 bits per heavy atom. The number of rotatable bonds is 5. The van der Waals surface area contributed by atoms with Crippen LogP contribution in [0.5, 0.6) is 0 Å². The van der Waals surface area contributed by atoms with Gasteiger partial charge < -0.3 is 4.42 Å². The van der Waals surface area contributed by atoms with Gasteiger partial charge in [-0.1, -0.05) is 164 Å². The van der Waals surface area contributed by atoms with Gasteiger partial charge in [-0.05, 0) is 85.3 Å². The molecule has 0 spiro atoms. The molecule has 0 saturated carbocycles. The molecule has 2 aromatic heterocycles. The summed E-state index contributed by atoms with van der Waals surface area (Å²) in [5.41, 5.74) is 12.3. The Bertz CT molecular complexity index is 3230. The van der Waals surface area contributed by atoms with E-state index < -0.39 is 0 Å². The molecule has 0 radical (unpaired) electrons. The Morgan fingerprint density at radius 1 is 0.327 bits per heavy atom. The second-order valence-corrected chi connectivity index (χ2v) is 14.2. The average molecular weight is 701 g/mol. The number of fused-ring (bicyclic) bond motifs is 7. The maximum absolute atomic E-state index is 6.72. The van der Waals surface area contributed by atoms with Crippen molar-refractivity contribution in [2.45, 2.75) is 0 Å². The van der Waals surface area contributed by atoms with Crippen LogP contribution in [0.15, 0.2) is 199 Å². The number of para-hydroxylation sites is 1. The minimum absolute atomic E-state index is 0.655. The first-order chi connectivity index (χ1) is 27.2. The van der Waals surface area contributed by atoms with E-state index >= 15 is 0 Å². The van der Waals surface area contributed by atoms with Crippen LogP contribution in [0.1, 0.15) is 0 Å². The Balaban J connectivity index is 1.10. The summed E-state index contributed by atoms with van der Waals surface area (Å²) in [6.45, 7) is 0. The van der Waals surface area contributed by atoms with Gasteiger partial charge in [-0.3, -0.25) is 0 Å². The van der Waals surface area contributed by atoms with Crippen LogP contribution < -0.4 is 0 Å². The molecule has 0 bridgehead atoms. The van der Waals surface area contributed by atoms with Gasteiger partial charge in [0.15, 0.2) is 5.82 Å². The molecule has 9 aromatic carbocycles. The first kappa shape index (κ1) is 31.2. The van der Waals surface area contributed by atoms with E-state index in [9.17, 15) is 0 Å². The third-order valence-electron chi connectivity index (χ3n) is 10.9. The van der Waals surface area contributed by atoms with Crippen LogP contribution in [0.3, 0.4) is 0 Å². The van der Waals surface area contributed by atoms with Crippen molar-refractivity contribution in [3.63, 3.8) is 0 Å². The Hall–Kier alpha value is -7.36. The Morgan fingerprint density at radius 2 is 0.927 bits per heavy atom. The van der Waals surface area contributed by atoms with Gasteiger partial charge in [0.05, 0.1) is 11.2 Å². The maximum atomic E-state index is 6.72. The van der Waals surface area contributed by atoms with Crippen molar-refractivity contribution in [2.24, 2.45) is 0 Å². The zero-order valence-electron chi connectivity index (χ0n) is 29.8. The zero-order chi connectivity index (χ0) is 36.3. The summed E-state index contributed by atoms with van der Waals surface area (Å²) in [6.07, 6.45) is 0. The van der Waals surface area contributed by atoms with Gasteiger partial charge in [-0.25, -0.2) is 9.97 Å². The molecule has 11 aromatic rings. The van der Waals surface area contributed by atoms with Crippen LogP contribution in [0.2, 0.25) is 0 Å². The molecule has 0 fully saturated rings. The van der Waals surface area contributed by atoms with Crippen molar-refractivity contribution < 1.29 is 4.42 Å². The fourth-order valence-corrected chi connectivity index (χ4v) is 8.11. The fraction of sp³-hybridized carbons (Fsp3) is 0. The minimum Gasteiger partial charge on any atom is -0.456 e. The van der Waals surface area contributed by atoms with E-state index in [-0.39, 0.29) is 0 Å². The SMILES string of the molecule is c1ccc(-c2ccc(-c3nc(-c4cc(-c5ccc(-c6ccc7ccccc7c6)cc5)c5c(c4)oc4ccc6ccccc6c45)nc4ccccc34)cc2)cc1. The van der Waals surface area contributed by atoms with Crippen molar-refractivity contribution in [1.29, 1.82) is 0 Å². The normalized spacial score (nSPS) is 11.6. The molecule has 0 N–H and O–H groups in total. The highest BCUT2D eigenvalue weighted by Gasteiger charge is 2.20. The molecule has 0 saturated heterocycles. The molecular formula is C52H32N2O. The van der Waals surface area contributed by atoms with Gasteiger partial charge in [0.25, 0.3) is 0 Å². The van der Waals surface area contributed by atoms with Crippen LogP contribution in [0.25, 0.3) is 110 Å². The monoisotopic (exact) mass is 700 g/mol. The van der Waals surface area contributed by atoms with Gasteiger partial charge in [-0.15, -0.1) is 0 Å². The van der Waals surface area contributed by atoms with Crippen molar-refractivity contribution in [2.75, 3.05) is 0 Å². The van der Waals surface area contributed by atoms with E-state index in [2.05, 4.69) is 182 Å². The van der Waals surface area contributed by atoms with Crippen molar-refractivity contribution in [1.82, 2.24) is 9.97 Å². The number of nitrogens with zero attached hydrogens (tertiary/aromatic N) is 2. The van der Waals surface area contributed by atoms with Gasteiger partial charge in [0.2, 0.25) is 0 Å². The summed E-state index contributed by atoms with van der Waals surface area (Å²) >= 11 is 0. The lowest BCUT2D eigenvalue weighted by Gasteiger charge is -2.12. The molecule has 0 atom stereocenters. The Labute approximate surface area is 317 Å². The van der Waals surface area contributed by atoms with Crippen molar-refractivity contribution in [3.05, 3.63) is 194 Å². The Kier molecular flexibility index (Phi) is 7.17. The fourth-order valence-electron chi connectivity index (χ4n) is 8.11. The highest BCUT2D eigenvalue weighted by Crippen LogP contribution is 2.43. The zero-order valence-corrected chi connectivity index (χ0v) is 29.8. The lowest BCUT2D eigenvalue weighted by atomic mass is 9.93. The largest absolute Gasteiger partial charge is 0.456 e. The lowest BCUT2D eigenvalue weighted by Crippen LogP contribution is -1.96. The quantitative estimate of drug-likeness (QED) is 0.179. The summed E-state index contributed by atoms with van der Waals surface area (Å²) in [4.78, 5) is 10.5. The summed E-state index contributed by atoms with van der Waals surface area (Å²) in [7, 11) is 0. The highest BCUT2D eigenvalue weighted by atomic mass is 16.3. The van der Waals surface area contributed by atoms with E-state index in [4.69, 9.17) is 14.4 Å². The molecule has 3 heteroatoms. The van der Waals surface area contributed by atoms with Crippen LogP contribution in [0.4, 0.5) is 0 Å². The number of aromatic nitrogens is 2. The van der Waals surface area contributed by atoms with Crippen LogP contribution in [0, 0.1) is 0 Å². The summed E-state index contributed by atoms with van der Waals surface area (Å²) < 4.78 is 6.72. The average Bonchev–Trinajstić information content (AvgIpc) is 3.65. The molecule has 0 amide bonds. The lowest BCUT2D eigenvalue weighted by molar-refractivity contribution is 0.669. The molecule has 0 aliphatic rings. The third kappa shape index (κ3) is 5.36. The van der Waals surface area contributed by atoms with Gasteiger partial charge in [0, 0.05) is 27.3 Å². The number of hydrogen-bond acceptors (Lipinski definition) is 3. The topological polar surface area (TPSA) is 38.9 Å². The summed E-state index contributed by atoms with van der Waals surface area (Å²) in [5.74, 6) is 0.655. The van der Waals surface area contributed by atoms with Gasteiger partial charge in [-0.2, -0.15) is 0 Å². The van der Waals surface area contributed by atoms with Crippen molar-refractivity contribution >= 4 is 54.4 Å². The highest BCUT2D eigenvalue weighted by molar-refractivity contribution is 6.23. The molecule has 0 aliphatic heterocycles. The van der Waals surface area contributed by atoms with Crippen LogP contribution >= 0.6 is 0 Å². The molecule has 256 valence electrons. The smallest absolute Gasteiger partial charge is 0.160 e. The van der Waals surface area contributed by atoms with Crippen LogP contribution in [-0.2, 0) is 0 Å². The number of benzene rings is 9. The molecule has 11 rings (SSSR count). The maximum Gasteiger partial charge on any atom is 0.160 e. The van der Waals surface area contributed by atoms with Crippen LogP contribution in [-0.4, -0.2) is 9.97 Å². The summed E-state index contributed by atoms with van der Waals surface area (Å²) in [6, 6.07) is 68.6. The second-order valence-electron chi connectivity index (χ2n) is 14.2. The van der Waals surface area contributed by atoms with E-state index in [0.717, 1.165) is 60.8 Å². The summed E-state index contributed by atoms with van der Waals surface area (Å²) in [5, 5.41) is 8.04. The van der Waals surface area contributed by atoms with E-state index in [0.29, 0.717) is 5.82 Å². The van der Waals surface area contributed by atoms with E-state index in [1.807, 2.05) is 12.1 Å². The first-order valence-electron chi connectivity index (χ1n) is 18.6. The second kappa shape index (κ2) is 12.6. The predicted octanol–water partition coefficient (Wildman–Crippen LogP) is 14.2. The molecular weight excluding hydrogens is 669 g/mol. The van der Waals surface area contributed by atoms with Crippen molar-refractivity contribution in [3.8, 4) is 56.0 Å². The van der Waals surface area contributed by atoms with Gasteiger partial charge in [0.1, 0.15) is 11.2 Å². The third-order valence-corrected chi connectivity index (χ3v) is 10.9. The molecule has 55 heavy (non-hydrogen) atoms. The standard InChI is InChI=1S/C52H32N2O/c1-2-10-33(11-3-1)35-20-25-39(26-21-35)51-44-16-8-9-17-46(44)53-52(54-51)42-31-45(50-48(32-42)55-47-29-28-37-13-6-7-15-43(37)49(47)50)38-23-18-36(19-24-38)41-27-22-34-12-4-5-14-40(34)30-41/h1-32H.